The second kappa shape index (κ2) is 7.74. The number of rotatable bonds is 5. The molecule has 1 aromatic heterocycles. The van der Waals surface area contributed by atoms with Gasteiger partial charge in [0.2, 0.25) is 0 Å². The van der Waals surface area contributed by atoms with Crippen LogP contribution in [0.5, 0.6) is 0 Å². The Labute approximate surface area is 159 Å². The first kappa shape index (κ1) is 18.8. The largest absolute Gasteiger partial charge is 0.319 e. The second-order valence-electron chi connectivity index (χ2n) is 6.89. The highest BCUT2D eigenvalue weighted by atomic mass is 19.1. The summed E-state index contributed by atoms with van der Waals surface area (Å²) in [5, 5.41) is 7.46. The summed E-state index contributed by atoms with van der Waals surface area (Å²) in [5.74, 6) is -0.439. The van der Waals surface area contributed by atoms with Crippen LogP contribution in [0.15, 0.2) is 48.7 Å². The van der Waals surface area contributed by atoms with Gasteiger partial charge in [0.25, 0.3) is 5.91 Å². The summed E-state index contributed by atoms with van der Waals surface area (Å²) >= 11 is 0. The number of carbonyl (C=O) groups is 1. The molecule has 1 N–H and O–H groups in total. The van der Waals surface area contributed by atoms with Crippen LogP contribution >= 0.6 is 0 Å². The lowest BCUT2D eigenvalue weighted by Crippen LogP contribution is -2.14. The molecule has 0 aliphatic rings. The lowest BCUT2D eigenvalue weighted by Gasteiger charge is -2.16. The number of nitrogens with zero attached hydrogens (tertiary/aromatic N) is 2. The highest BCUT2D eigenvalue weighted by Gasteiger charge is 2.20. The Bertz CT molecular complexity index is 960. The average Bonchev–Trinajstić information content (AvgIpc) is 3.07. The fraction of sp³-hybridized carbons (Fsp3) is 0.273. The number of aromatic nitrogens is 2. The van der Waals surface area contributed by atoms with Gasteiger partial charge >= 0.3 is 0 Å². The van der Waals surface area contributed by atoms with Crippen molar-refractivity contribution in [2.75, 3.05) is 5.32 Å². The van der Waals surface area contributed by atoms with Crippen molar-refractivity contribution in [2.45, 2.75) is 40.0 Å². The first-order chi connectivity index (χ1) is 12.9. The Morgan fingerprint density at radius 3 is 2.48 bits per heavy atom. The number of hydrogen-bond donors (Lipinski definition) is 1. The number of amides is 1. The predicted molar refractivity (Wildman–Crippen MR) is 106 cm³/mol. The SMILES string of the molecule is CCC(C)c1c(NC(=O)c2ccc(F)cc2)cnn1-c1ccc(C)c(C)c1. The molecule has 0 fully saturated rings. The van der Waals surface area contributed by atoms with Gasteiger partial charge in [-0.15, -0.1) is 0 Å². The van der Waals surface area contributed by atoms with Gasteiger partial charge in [0, 0.05) is 11.5 Å². The topological polar surface area (TPSA) is 46.9 Å². The molecule has 1 unspecified atom stereocenters. The van der Waals surface area contributed by atoms with Gasteiger partial charge in [0.05, 0.1) is 23.3 Å². The summed E-state index contributed by atoms with van der Waals surface area (Å²) in [5.41, 5.74) is 5.42. The molecule has 0 bridgehead atoms. The lowest BCUT2D eigenvalue weighted by atomic mass is 10.0. The minimum atomic E-state index is -0.366. The zero-order chi connectivity index (χ0) is 19.6. The van der Waals surface area contributed by atoms with Gasteiger partial charge in [-0.3, -0.25) is 4.79 Å². The zero-order valence-corrected chi connectivity index (χ0v) is 16.1. The van der Waals surface area contributed by atoms with Crippen LogP contribution in [0.1, 0.15) is 53.4 Å². The number of carbonyl (C=O) groups excluding carboxylic acids is 1. The van der Waals surface area contributed by atoms with Crippen LogP contribution < -0.4 is 5.32 Å². The van der Waals surface area contributed by atoms with Crippen molar-refractivity contribution in [1.82, 2.24) is 9.78 Å². The molecule has 4 nitrogen and oxygen atoms in total. The van der Waals surface area contributed by atoms with Crippen LogP contribution in [0.3, 0.4) is 0 Å². The standard InChI is InChI=1S/C22H24FN3O/c1-5-14(2)21-20(25-22(27)17-7-9-18(23)10-8-17)13-24-26(21)19-11-6-15(3)16(4)12-19/h6-14H,5H2,1-4H3,(H,25,27). The average molecular weight is 365 g/mol. The maximum atomic E-state index is 13.1. The summed E-state index contributed by atoms with van der Waals surface area (Å²) in [6.45, 7) is 8.37. The van der Waals surface area contributed by atoms with Crippen molar-refractivity contribution in [2.24, 2.45) is 0 Å². The Hall–Kier alpha value is -2.95. The van der Waals surface area contributed by atoms with Crippen LogP contribution in [0.4, 0.5) is 10.1 Å². The third-order valence-electron chi connectivity index (χ3n) is 4.98. The zero-order valence-electron chi connectivity index (χ0n) is 16.1. The summed E-state index contributed by atoms with van der Waals surface area (Å²) in [6, 6.07) is 11.7. The quantitative estimate of drug-likeness (QED) is 0.658. The van der Waals surface area contributed by atoms with Gasteiger partial charge in [0.1, 0.15) is 5.82 Å². The van der Waals surface area contributed by atoms with Gasteiger partial charge in [-0.1, -0.05) is 19.9 Å². The Morgan fingerprint density at radius 2 is 1.85 bits per heavy atom. The summed E-state index contributed by atoms with van der Waals surface area (Å²) < 4.78 is 15.0. The van der Waals surface area contributed by atoms with E-state index in [0.717, 1.165) is 17.8 Å². The fourth-order valence-corrected chi connectivity index (χ4v) is 2.98. The summed E-state index contributed by atoms with van der Waals surface area (Å²) in [6.07, 6.45) is 2.59. The van der Waals surface area contributed by atoms with E-state index in [4.69, 9.17) is 0 Å². The molecule has 0 radical (unpaired) electrons. The number of hydrogen-bond acceptors (Lipinski definition) is 2. The van der Waals surface area contributed by atoms with E-state index in [2.05, 4.69) is 50.2 Å². The first-order valence-electron chi connectivity index (χ1n) is 9.13. The van der Waals surface area contributed by atoms with Crippen LogP contribution in [-0.4, -0.2) is 15.7 Å². The predicted octanol–water partition coefficient (Wildman–Crippen LogP) is 5.39. The molecule has 140 valence electrons. The van der Waals surface area contributed by atoms with Crippen molar-refractivity contribution in [3.05, 3.63) is 76.9 Å². The third kappa shape index (κ3) is 3.92. The first-order valence-corrected chi connectivity index (χ1v) is 9.13. The van der Waals surface area contributed by atoms with E-state index in [9.17, 15) is 9.18 Å². The van der Waals surface area contributed by atoms with E-state index in [1.807, 2.05) is 10.7 Å². The highest BCUT2D eigenvalue weighted by molar-refractivity contribution is 6.04. The van der Waals surface area contributed by atoms with E-state index >= 15 is 0 Å². The Morgan fingerprint density at radius 1 is 1.15 bits per heavy atom. The second-order valence-corrected chi connectivity index (χ2v) is 6.89. The lowest BCUT2D eigenvalue weighted by molar-refractivity contribution is 0.102. The van der Waals surface area contributed by atoms with Crippen LogP contribution in [0.25, 0.3) is 5.69 Å². The molecule has 0 saturated carbocycles. The summed E-state index contributed by atoms with van der Waals surface area (Å²) in [7, 11) is 0. The minimum absolute atomic E-state index is 0.206. The van der Waals surface area contributed by atoms with Gasteiger partial charge in [-0.25, -0.2) is 9.07 Å². The smallest absolute Gasteiger partial charge is 0.255 e. The Kier molecular flexibility index (Phi) is 5.40. The molecule has 1 atom stereocenters. The van der Waals surface area contributed by atoms with Crippen molar-refractivity contribution < 1.29 is 9.18 Å². The van der Waals surface area contributed by atoms with Crippen molar-refractivity contribution >= 4 is 11.6 Å². The van der Waals surface area contributed by atoms with E-state index in [0.29, 0.717) is 11.3 Å². The van der Waals surface area contributed by atoms with E-state index < -0.39 is 0 Å². The molecule has 0 saturated heterocycles. The molecule has 5 heteroatoms. The normalized spacial score (nSPS) is 12.0. The number of halogens is 1. The monoisotopic (exact) mass is 365 g/mol. The number of nitrogens with one attached hydrogen (secondary N) is 1. The maximum Gasteiger partial charge on any atom is 0.255 e. The van der Waals surface area contributed by atoms with Crippen molar-refractivity contribution in [3.8, 4) is 5.69 Å². The molecule has 3 aromatic rings. The summed E-state index contributed by atoms with van der Waals surface area (Å²) in [4.78, 5) is 12.6. The molecule has 0 aliphatic carbocycles. The van der Waals surface area contributed by atoms with Gasteiger partial charge in [0.15, 0.2) is 0 Å². The molecule has 2 aromatic carbocycles. The van der Waals surface area contributed by atoms with Crippen LogP contribution in [0, 0.1) is 19.7 Å². The number of anilines is 1. The molecule has 0 aliphatic heterocycles. The molecule has 1 heterocycles. The molecule has 3 rings (SSSR count). The van der Waals surface area contributed by atoms with Gasteiger partial charge in [-0.05, 0) is 67.8 Å². The van der Waals surface area contributed by atoms with E-state index in [1.54, 1.807) is 6.20 Å². The van der Waals surface area contributed by atoms with Crippen molar-refractivity contribution in [3.63, 3.8) is 0 Å². The molecule has 1 amide bonds. The van der Waals surface area contributed by atoms with E-state index in [-0.39, 0.29) is 17.6 Å². The number of benzene rings is 2. The minimum Gasteiger partial charge on any atom is -0.319 e. The van der Waals surface area contributed by atoms with Crippen LogP contribution in [-0.2, 0) is 0 Å². The molecular weight excluding hydrogens is 341 g/mol. The third-order valence-corrected chi connectivity index (χ3v) is 4.98. The highest BCUT2D eigenvalue weighted by Crippen LogP contribution is 2.30. The van der Waals surface area contributed by atoms with Gasteiger partial charge in [-0.2, -0.15) is 5.10 Å². The maximum absolute atomic E-state index is 13.1. The van der Waals surface area contributed by atoms with E-state index in [1.165, 1.54) is 35.4 Å². The van der Waals surface area contributed by atoms with Crippen molar-refractivity contribution in [1.29, 1.82) is 0 Å². The molecular formula is C22H24FN3O. The number of aryl methyl sites for hydroxylation is 2. The molecule has 27 heavy (non-hydrogen) atoms. The molecule has 0 spiro atoms. The van der Waals surface area contributed by atoms with Crippen LogP contribution in [0.2, 0.25) is 0 Å². The fourth-order valence-electron chi connectivity index (χ4n) is 2.98. The Balaban J connectivity index is 1.98. The van der Waals surface area contributed by atoms with Gasteiger partial charge < -0.3 is 5.32 Å².